The largest absolute Gasteiger partial charge is 0.379 e. The summed E-state index contributed by atoms with van der Waals surface area (Å²) in [5, 5.41) is 9.95. The van der Waals surface area contributed by atoms with Crippen molar-refractivity contribution in [2.45, 2.75) is 69.5 Å². The van der Waals surface area contributed by atoms with Gasteiger partial charge in [0.2, 0.25) is 5.91 Å². The van der Waals surface area contributed by atoms with Gasteiger partial charge in [0.15, 0.2) is 0 Å². The maximum atomic E-state index is 13.4. The van der Waals surface area contributed by atoms with Gasteiger partial charge in [-0.3, -0.25) is 14.3 Å². The minimum absolute atomic E-state index is 0.100. The van der Waals surface area contributed by atoms with Crippen LogP contribution in [-0.2, 0) is 22.5 Å². The number of carbonyl (C=O) groups is 1. The van der Waals surface area contributed by atoms with E-state index in [9.17, 15) is 9.59 Å². The van der Waals surface area contributed by atoms with E-state index in [1.54, 1.807) is 4.57 Å². The average molecular weight is 363 g/mol. The molecule has 26 heavy (non-hydrogen) atoms. The fraction of sp³-hybridized carbons (Fsp3) is 0.833. The molecule has 1 aliphatic carbocycles. The van der Waals surface area contributed by atoms with E-state index >= 15 is 0 Å². The van der Waals surface area contributed by atoms with Crippen LogP contribution < -0.4 is 11.0 Å². The Kier molecular flexibility index (Phi) is 5.13. The molecule has 1 amide bonds. The zero-order valence-corrected chi connectivity index (χ0v) is 15.3. The number of ether oxygens (including phenoxy) is 1. The van der Waals surface area contributed by atoms with Crippen molar-refractivity contribution in [1.29, 1.82) is 0 Å². The number of hydrogen-bond donors (Lipinski definition) is 2. The summed E-state index contributed by atoms with van der Waals surface area (Å²) in [5.41, 5.74) is -0.525. The lowest BCUT2D eigenvalue weighted by atomic mass is 9.79. The van der Waals surface area contributed by atoms with Crippen molar-refractivity contribution in [3.8, 4) is 0 Å². The van der Waals surface area contributed by atoms with Crippen molar-refractivity contribution in [2.75, 3.05) is 26.3 Å². The smallest absolute Gasteiger partial charge is 0.343 e. The highest BCUT2D eigenvalue weighted by molar-refractivity contribution is 5.86. The lowest BCUT2D eigenvalue weighted by molar-refractivity contribution is -0.141. The van der Waals surface area contributed by atoms with Gasteiger partial charge < -0.3 is 10.1 Å². The van der Waals surface area contributed by atoms with Gasteiger partial charge in [-0.2, -0.15) is 5.10 Å². The molecule has 0 bridgehead atoms. The second-order valence-electron chi connectivity index (χ2n) is 7.79. The zero-order chi connectivity index (χ0) is 18.0. The van der Waals surface area contributed by atoms with Gasteiger partial charge >= 0.3 is 5.69 Å². The number of amides is 1. The molecule has 2 fully saturated rings. The molecule has 1 saturated heterocycles. The molecule has 0 spiro atoms. The third-order valence-corrected chi connectivity index (χ3v) is 6.31. The lowest BCUT2D eigenvalue weighted by Crippen LogP contribution is -2.63. The van der Waals surface area contributed by atoms with Crippen LogP contribution in [0.2, 0.25) is 0 Å². The highest BCUT2D eigenvalue weighted by Crippen LogP contribution is 2.35. The second kappa shape index (κ2) is 7.52. The number of rotatable bonds is 3. The predicted molar refractivity (Wildman–Crippen MR) is 95.9 cm³/mol. The van der Waals surface area contributed by atoms with E-state index in [1.165, 1.54) is 6.42 Å². The van der Waals surface area contributed by atoms with Crippen LogP contribution in [0, 0.1) is 0 Å². The molecule has 1 saturated carbocycles. The molecule has 3 aliphatic rings. The van der Waals surface area contributed by atoms with Gasteiger partial charge in [-0.05, 0) is 25.7 Å². The number of carbonyl (C=O) groups excluding carboxylic acids is 1. The van der Waals surface area contributed by atoms with Crippen molar-refractivity contribution in [3.05, 3.63) is 16.3 Å². The number of aromatic amines is 1. The van der Waals surface area contributed by atoms with Crippen LogP contribution in [0.25, 0.3) is 0 Å². The molecule has 8 heteroatoms. The van der Waals surface area contributed by atoms with E-state index in [2.05, 4.69) is 20.4 Å². The summed E-state index contributed by atoms with van der Waals surface area (Å²) in [6.45, 7) is 3.70. The van der Waals surface area contributed by atoms with Crippen LogP contribution in [0.5, 0.6) is 0 Å². The number of aryl methyl sites for hydroxylation is 1. The summed E-state index contributed by atoms with van der Waals surface area (Å²) >= 11 is 0. The molecule has 3 heterocycles. The zero-order valence-electron chi connectivity index (χ0n) is 15.3. The van der Waals surface area contributed by atoms with Gasteiger partial charge in [0.05, 0.1) is 13.2 Å². The van der Waals surface area contributed by atoms with Gasteiger partial charge in [0.1, 0.15) is 11.4 Å². The molecule has 144 valence electrons. The van der Waals surface area contributed by atoms with Crippen LogP contribution in [-0.4, -0.2) is 63.5 Å². The molecule has 1 aromatic heterocycles. The number of aromatic nitrogens is 3. The molecular weight excluding hydrogens is 334 g/mol. The fourth-order valence-electron chi connectivity index (χ4n) is 4.78. The van der Waals surface area contributed by atoms with Crippen LogP contribution in [0.4, 0.5) is 0 Å². The van der Waals surface area contributed by atoms with E-state index in [1.807, 2.05) is 0 Å². The minimum Gasteiger partial charge on any atom is -0.379 e. The fourth-order valence-corrected chi connectivity index (χ4v) is 4.78. The Morgan fingerprint density at radius 3 is 2.69 bits per heavy atom. The van der Waals surface area contributed by atoms with Crippen molar-refractivity contribution < 1.29 is 9.53 Å². The number of morpholine rings is 1. The van der Waals surface area contributed by atoms with Gasteiger partial charge in [-0.1, -0.05) is 19.3 Å². The Hall–Kier alpha value is -1.67. The molecule has 2 N–H and O–H groups in total. The van der Waals surface area contributed by atoms with E-state index in [4.69, 9.17) is 4.74 Å². The molecule has 4 rings (SSSR count). The van der Waals surface area contributed by atoms with Crippen molar-refractivity contribution in [1.82, 2.24) is 25.0 Å². The number of H-pyrrole nitrogens is 1. The number of hydrogen-bond acceptors (Lipinski definition) is 5. The highest BCUT2D eigenvalue weighted by Gasteiger charge is 2.45. The number of fused-ring (bicyclic) bond motifs is 1. The molecule has 8 nitrogen and oxygen atoms in total. The number of nitrogens with one attached hydrogen (secondary N) is 2. The minimum atomic E-state index is -0.376. The van der Waals surface area contributed by atoms with Crippen molar-refractivity contribution in [2.24, 2.45) is 0 Å². The van der Waals surface area contributed by atoms with Gasteiger partial charge in [0, 0.05) is 32.1 Å². The van der Waals surface area contributed by atoms with Gasteiger partial charge in [-0.15, -0.1) is 0 Å². The van der Waals surface area contributed by atoms with Crippen molar-refractivity contribution in [3.63, 3.8) is 0 Å². The normalized spacial score (nSPS) is 26.7. The summed E-state index contributed by atoms with van der Waals surface area (Å²) in [4.78, 5) is 27.5. The summed E-state index contributed by atoms with van der Waals surface area (Å²) in [7, 11) is 0. The predicted octanol–water partition coefficient (Wildman–Crippen LogP) is 0.428. The molecular formula is C18H29N5O3. The summed E-state index contributed by atoms with van der Waals surface area (Å²) in [6, 6.07) is 0.100. The van der Waals surface area contributed by atoms with Crippen LogP contribution in [0.3, 0.4) is 0 Å². The van der Waals surface area contributed by atoms with Crippen LogP contribution in [0.15, 0.2) is 4.79 Å². The second-order valence-corrected chi connectivity index (χ2v) is 7.79. The Labute approximate surface area is 153 Å². The first-order valence-electron chi connectivity index (χ1n) is 9.97. The Morgan fingerprint density at radius 1 is 1.15 bits per heavy atom. The Bertz CT molecular complexity index is 685. The highest BCUT2D eigenvalue weighted by atomic mass is 16.5. The molecule has 0 aromatic carbocycles. The SMILES string of the molecule is O=C(NC1CCc2n[nH]c(=O)n2CC1)C1(N2CCOCC2)CCCCC1. The van der Waals surface area contributed by atoms with E-state index in [0.717, 1.165) is 57.4 Å². The van der Waals surface area contributed by atoms with E-state index in [-0.39, 0.29) is 23.2 Å². The standard InChI is InChI=1S/C18H29N5O3/c24-16(18(7-2-1-3-8-18)22-10-12-26-13-11-22)19-14-4-5-15-20-21-17(25)23(15)9-6-14/h14H,1-13H2,(H,19,24)(H,21,25). The van der Waals surface area contributed by atoms with Gasteiger partial charge in [-0.25, -0.2) is 9.89 Å². The molecule has 1 aromatic rings. The third-order valence-electron chi connectivity index (χ3n) is 6.31. The molecule has 2 aliphatic heterocycles. The van der Waals surface area contributed by atoms with Crippen LogP contribution >= 0.6 is 0 Å². The monoisotopic (exact) mass is 363 g/mol. The molecule has 1 atom stereocenters. The van der Waals surface area contributed by atoms with Crippen LogP contribution in [0.1, 0.15) is 50.8 Å². The topological polar surface area (TPSA) is 92.2 Å². The maximum absolute atomic E-state index is 13.4. The third kappa shape index (κ3) is 3.32. The molecule has 0 radical (unpaired) electrons. The first-order valence-corrected chi connectivity index (χ1v) is 9.97. The molecule has 1 unspecified atom stereocenters. The quantitative estimate of drug-likeness (QED) is 0.812. The maximum Gasteiger partial charge on any atom is 0.343 e. The first-order chi connectivity index (χ1) is 12.7. The van der Waals surface area contributed by atoms with E-state index < -0.39 is 0 Å². The van der Waals surface area contributed by atoms with E-state index in [0.29, 0.717) is 26.2 Å². The summed E-state index contributed by atoms with van der Waals surface area (Å²) in [5.74, 6) is 0.977. The number of nitrogens with zero attached hydrogens (tertiary/aromatic N) is 3. The van der Waals surface area contributed by atoms with Gasteiger partial charge in [0.25, 0.3) is 0 Å². The first kappa shape index (κ1) is 17.7. The lowest BCUT2D eigenvalue weighted by Gasteiger charge is -2.47. The Morgan fingerprint density at radius 2 is 1.92 bits per heavy atom. The van der Waals surface area contributed by atoms with Crippen molar-refractivity contribution >= 4 is 5.91 Å². The Balaban J connectivity index is 1.45. The summed E-state index contributed by atoms with van der Waals surface area (Å²) in [6.07, 6.45) is 7.63. The average Bonchev–Trinajstić information content (AvgIpc) is 2.91. The summed E-state index contributed by atoms with van der Waals surface area (Å²) < 4.78 is 7.20.